The van der Waals surface area contributed by atoms with Gasteiger partial charge in [0.2, 0.25) is 0 Å². The number of H-pyrrole nitrogens is 1. The molecule has 0 aliphatic carbocycles. The molecular weight excluding hydrogens is 310 g/mol. The fraction of sp³-hybridized carbons (Fsp3) is 0.211. The molecular formula is C19H18ClNO2. The van der Waals surface area contributed by atoms with Crippen molar-refractivity contribution in [3.8, 4) is 5.75 Å². The number of rotatable bonds is 5. The first kappa shape index (κ1) is 15.6. The number of carbonyl (C=O) groups excluding carboxylic acids is 1. The Balaban J connectivity index is 2.13. The molecule has 1 aromatic heterocycles. The topological polar surface area (TPSA) is 42.1 Å². The van der Waals surface area contributed by atoms with Crippen molar-refractivity contribution in [2.24, 2.45) is 0 Å². The molecule has 1 unspecified atom stereocenters. The maximum Gasteiger partial charge on any atom is 0.138 e. The van der Waals surface area contributed by atoms with Crippen LogP contribution in [0, 0.1) is 6.92 Å². The lowest BCUT2D eigenvalue weighted by Gasteiger charge is -2.13. The van der Waals surface area contributed by atoms with Gasteiger partial charge in [0.15, 0.2) is 0 Å². The third-order valence-electron chi connectivity index (χ3n) is 4.16. The van der Waals surface area contributed by atoms with Gasteiger partial charge in [0.05, 0.1) is 12.1 Å². The molecule has 1 N–H and O–H groups in total. The SMILES string of the molecule is COc1ccc2[nH]c(C)c(C(C=O)Cc3ccccc3)c2c1Cl. The second-order valence-electron chi connectivity index (χ2n) is 5.60. The van der Waals surface area contributed by atoms with Gasteiger partial charge in [-0.3, -0.25) is 0 Å². The number of hydrogen-bond acceptors (Lipinski definition) is 2. The summed E-state index contributed by atoms with van der Waals surface area (Å²) in [6, 6.07) is 13.8. The fourth-order valence-electron chi connectivity index (χ4n) is 3.09. The van der Waals surface area contributed by atoms with Crippen LogP contribution in [-0.4, -0.2) is 18.4 Å². The molecule has 4 heteroatoms. The number of halogens is 1. The molecule has 0 fully saturated rings. The quantitative estimate of drug-likeness (QED) is 0.692. The van der Waals surface area contributed by atoms with E-state index in [1.54, 1.807) is 7.11 Å². The maximum atomic E-state index is 11.8. The molecule has 1 atom stereocenters. The lowest BCUT2D eigenvalue weighted by atomic mass is 9.91. The standard InChI is InChI=1S/C19H18ClNO2/c1-12-17(14(11-22)10-13-6-4-3-5-7-13)18-15(21-12)8-9-16(23-2)19(18)20/h3-9,11,14,21H,10H2,1-2H3. The van der Waals surface area contributed by atoms with E-state index in [1.165, 1.54) is 0 Å². The van der Waals surface area contributed by atoms with Crippen LogP contribution in [0.5, 0.6) is 5.75 Å². The fourth-order valence-corrected chi connectivity index (χ4v) is 3.43. The Morgan fingerprint density at radius 1 is 1.22 bits per heavy atom. The monoisotopic (exact) mass is 327 g/mol. The zero-order valence-electron chi connectivity index (χ0n) is 13.1. The van der Waals surface area contributed by atoms with Gasteiger partial charge < -0.3 is 14.5 Å². The smallest absolute Gasteiger partial charge is 0.138 e. The lowest BCUT2D eigenvalue weighted by Crippen LogP contribution is -2.05. The Labute approximate surface area is 140 Å². The molecule has 0 amide bonds. The summed E-state index contributed by atoms with van der Waals surface area (Å²) in [6.45, 7) is 1.97. The van der Waals surface area contributed by atoms with Crippen LogP contribution in [0.15, 0.2) is 42.5 Å². The van der Waals surface area contributed by atoms with Crippen LogP contribution in [0.1, 0.15) is 22.7 Å². The summed E-state index contributed by atoms with van der Waals surface area (Å²) in [7, 11) is 1.59. The molecule has 0 saturated carbocycles. The first-order valence-corrected chi connectivity index (χ1v) is 7.87. The minimum atomic E-state index is -0.254. The average Bonchev–Trinajstić information content (AvgIpc) is 2.91. The summed E-state index contributed by atoms with van der Waals surface area (Å²) >= 11 is 6.50. The molecule has 0 saturated heterocycles. The maximum absolute atomic E-state index is 11.8. The average molecular weight is 328 g/mol. The molecule has 23 heavy (non-hydrogen) atoms. The van der Waals surface area contributed by atoms with Gasteiger partial charge >= 0.3 is 0 Å². The molecule has 2 aromatic carbocycles. The number of benzene rings is 2. The number of aromatic nitrogens is 1. The third-order valence-corrected chi connectivity index (χ3v) is 4.53. The van der Waals surface area contributed by atoms with Crippen LogP contribution in [-0.2, 0) is 11.2 Å². The number of carbonyl (C=O) groups is 1. The van der Waals surface area contributed by atoms with Gasteiger partial charge in [0.25, 0.3) is 0 Å². The zero-order valence-corrected chi connectivity index (χ0v) is 13.9. The molecule has 1 heterocycles. The molecule has 0 bridgehead atoms. The van der Waals surface area contributed by atoms with Gasteiger partial charge in [-0.15, -0.1) is 0 Å². The summed E-state index contributed by atoms with van der Waals surface area (Å²) in [5, 5.41) is 1.42. The van der Waals surface area contributed by atoms with Crippen molar-refractivity contribution in [1.82, 2.24) is 4.98 Å². The highest BCUT2D eigenvalue weighted by molar-refractivity contribution is 6.37. The number of hydrogen-bond donors (Lipinski definition) is 1. The second-order valence-corrected chi connectivity index (χ2v) is 5.98. The summed E-state index contributed by atoms with van der Waals surface area (Å²) in [6.07, 6.45) is 1.64. The number of fused-ring (bicyclic) bond motifs is 1. The molecule has 3 aromatic rings. The number of methoxy groups -OCH3 is 1. The summed E-state index contributed by atoms with van der Waals surface area (Å²) < 4.78 is 5.31. The van der Waals surface area contributed by atoms with Gasteiger partial charge in [0.1, 0.15) is 12.0 Å². The van der Waals surface area contributed by atoms with Gasteiger partial charge in [0, 0.05) is 22.5 Å². The van der Waals surface area contributed by atoms with E-state index in [4.69, 9.17) is 16.3 Å². The van der Waals surface area contributed by atoms with Gasteiger partial charge in [-0.25, -0.2) is 0 Å². The highest BCUT2D eigenvalue weighted by atomic mass is 35.5. The first-order chi connectivity index (χ1) is 11.2. The summed E-state index contributed by atoms with van der Waals surface area (Å²) in [5.74, 6) is 0.361. The van der Waals surface area contributed by atoms with Crippen molar-refractivity contribution >= 4 is 28.8 Å². The van der Waals surface area contributed by atoms with Crippen molar-refractivity contribution < 1.29 is 9.53 Å². The van der Waals surface area contributed by atoms with Gasteiger partial charge in [-0.05, 0) is 36.6 Å². The van der Waals surface area contributed by atoms with E-state index >= 15 is 0 Å². The van der Waals surface area contributed by atoms with Crippen molar-refractivity contribution in [2.75, 3.05) is 7.11 Å². The van der Waals surface area contributed by atoms with Crippen LogP contribution in [0.25, 0.3) is 10.9 Å². The van der Waals surface area contributed by atoms with Gasteiger partial charge in [-0.2, -0.15) is 0 Å². The van der Waals surface area contributed by atoms with E-state index in [1.807, 2.05) is 49.4 Å². The molecule has 0 aliphatic heterocycles. The predicted molar refractivity (Wildman–Crippen MR) is 93.5 cm³/mol. The minimum Gasteiger partial charge on any atom is -0.495 e. The highest BCUT2D eigenvalue weighted by Gasteiger charge is 2.22. The zero-order chi connectivity index (χ0) is 16.4. The Kier molecular flexibility index (Phi) is 4.39. The summed E-state index contributed by atoms with van der Waals surface area (Å²) in [5.41, 5.74) is 3.95. The highest BCUT2D eigenvalue weighted by Crippen LogP contribution is 2.39. The number of aryl methyl sites for hydroxylation is 1. The molecule has 3 nitrogen and oxygen atoms in total. The van der Waals surface area contributed by atoms with E-state index in [9.17, 15) is 4.79 Å². The molecule has 3 rings (SSSR count). The Morgan fingerprint density at radius 2 is 1.96 bits per heavy atom. The Hall–Kier alpha value is -2.26. The Bertz CT molecular complexity index is 839. The van der Waals surface area contributed by atoms with Crippen LogP contribution >= 0.6 is 11.6 Å². The first-order valence-electron chi connectivity index (χ1n) is 7.49. The van der Waals surface area contributed by atoms with E-state index in [0.717, 1.165) is 34.0 Å². The second kappa shape index (κ2) is 6.47. The number of ether oxygens (including phenoxy) is 1. The lowest BCUT2D eigenvalue weighted by molar-refractivity contribution is -0.109. The summed E-state index contributed by atoms with van der Waals surface area (Å²) in [4.78, 5) is 15.1. The van der Waals surface area contributed by atoms with Crippen molar-refractivity contribution in [2.45, 2.75) is 19.3 Å². The van der Waals surface area contributed by atoms with E-state index in [-0.39, 0.29) is 5.92 Å². The van der Waals surface area contributed by atoms with Crippen LogP contribution in [0.4, 0.5) is 0 Å². The number of aromatic amines is 1. The van der Waals surface area contributed by atoms with E-state index < -0.39 is 0 Å². The van der Waals surface area contributed by atoms with E-state index in [0.29, 0.717) is 17.2 Å². The van der Waals surface area contributed by atoms with Crippen molar-refractivity contribution in [1.29, 1.82) is 0 Å². The van der Waals surface area contributed by atoms with Crippen molar-refractivity contribution in [3.63, 3.8) is 0 Å². The van der Waals surface area contributed by atoms with Crippen LogP contribution < -0.4 is 4.74 Å². The predicted octanol–water partition coefficient (Wildman–Crippen LogP) is 4.66. The molecule has 0 aliphatic rings. The Morgan fingerprint density at radius 3 is 2.61 bits per heavy atom. The molecule has 0 spiro atoms. The third kappa shape index (κ3) is 2.84. The largest absolute Gasteiger partial charge is 0.495 e. The molecule has 0 radical (unpaired) electrons. The molecule has 118 valence electrons. The van der Waals surface area contributed by atoms with E-state index in [2.05, 4.69) is 4.98 Å². The normalized spacial score (nSPS) is 12.3. The van der Waals surface area contributed by atoms with Crippen LogP contribution in [0.2, 0.25) is 5.02 Å². The van der Waals surface area contributed by atoms with Crippen molar-refractivity contribution in [3.05, 3.63) is 64.3 Å². The minimum absolute atomic E-state index is 0.254. The number of aldehydes is 1. The van der Waals surface area contributed by atoms with Gasteiger partial charge in [-0.1, -0.05) is 41.9 Å². The number of nitrogens with one attached hydrogen (secondary N) is 1. The van der Waals surface area contributed by atoms with Crippen LogP contribution in [0.3, 0.4) is 0 Å².